The summed E-state index contributed by atoms with van der Waals surface area (Å²) < 4.78 is 30.9. The molecule has 89 heavy (non-hydrogen) atoms. The van der Waals surface area contributed by atoms with E-state index in [9.17, 15) is 19.0 Å². The van der Waals surface area contributed by atoms with Crippen molar-refractivity contribution in [2.45, 2.75) is 380 Å². The molecule has 10 heteroatoms. The molecule has 0 saturated carbocycles. The Kier molecular flexibility index (Phi) is 66.4. The molecular weight excluding hydrogens is 1120 g/mol. The van der Waals surface area contributed by atoms with Crippen LogP contribution in [0, 0.1) is 0 Å². The molecule has 0 heterocycles. The topological polar surface area (TPSA) is 111 Å². The van der Waals surface area contributed by atoms with Gasteiger partial charge in [0, 0.05) is 12.8 Å². The van der Waals surface area contributed by atoms with Gasteiger partial charge in [-0.05, 0) is 102 Å². The van der Waals surface area contributed by atoms with E-state index in [1.165, 1.54) is 257 Å². The lowest BCUT2D eigenvalue weighted by Gasteiger charge is -2.27. The summed E-state index contributed by atoms with van der Waals surface area (Å²) >= 11 is 0. The Labute approximate surface area is 553 Å². The average molecular weight is 1270 g/mol. The molecule has 1 amide bonds. The predicted molar refractivity (Wildman–Crippen MR) is 388 cm³/mol. The van der Waals surface area contributed by atoms with E-state index in [1.54, 1.807) is 0 Å². The van der Waals surface area contributed by atoms with Gasteiger partial charge in [0.25, 0.3) is 0 Å². The zero-order chi connectivity index (χ0) is 64.9. The minimum Gasteiger partial charge on any atom is -0.456 e. The van der Waals surface area contributed by atoms with Crippen LogP contribution in [0.25, 0.3) is 0 Å². The quantitative estimate of drug-likeness (QED) is 0.0205. The highest BCUT2D eigenvalue weighted by Gasteiger charge is 2.30. The van der Waals surface area contributed by atoms with Crippen molar-refractivity contribution in [3.8, 4) is 0 Å². The third kappa shape index (κ3) is 69.6. The van der Waals surface area contributed by atoms with E-state index in [1.807, 2.05) is 27.2 Å². The third-order valence-electron chi connectivity index (χ3n) is 17.1. The molecule has 3 atom stereocenters. The molecule has 0 saturated heterocycles. The van der Waals surface area contributed by atoms with Crippen molar-refractivity contribution >= 4 is 19.7 Å². The zero-order valence-electron chi connectivity index (χ0n) is 59.7. The number of rotatable bonds is 70. The van der Waals surface area contributed by atoms with Crippen molar-refractivity contribution in [3.05, 3.63) is 72.9 Å². The lowest BCUT2D eigenvalue weighted by Crippen LogP contribution is -2.47. The van der Waals surface area contributed by atoms with Crippen LogP contribution < -0.4 is 5.32 Å². The van der Waals surface area contributed by atoms with Gasteiger partial charge in [-0.3, -0.25) is 18.6 Å². The molecule has 0 rings (SSSR count). The number of ether oxygens (including phenoxy) is 1. The van der Waals surface area contributed by atoms with Gasteiger partial charge in [0.1, 0.15) is 19.3 Å². The standard InChI is InChI=1S/C79H147N2O7P/c1-7-10-13-16-19-22-25-28-30-32-34-36-38-40-42-44-46-48-50-53-56-59-62-65-68-71-78(82)80-76(75-87-89(84,85)86-74-73-81(4,5)6)77(70-67-64-61-58-55-52-27-24-21-18-15-12-9-3)88-79(83)72-69-66-63-60-57-54-51-49-47-45-43-41-39-37-35-33-31-29-26-23-20-17-14-11-8-2/h19-20,22-23,28-31,34,36,67,70,76-77H,7-18,21,24-27,32-33,35,37-66,68-69,71-75H2,1-6H3,(H-,80,82,84,85)/p+1/b22-19-,23-20-,30-28-,31-29-,36-34-,70-67+. The van der Waals surface area contributed by atoms with Crippen LogP contribution in [0.15, 0.2) is 72.9 Å². The number of nitrogens with zero attached hydrogens (tertiary/aromatic N) is 1. The second kappa shape index (κ2) is 68.3. The largest absolute Gasteiger partial charge is 0.472 e. The van der Waals surface area contributed by atoms with Gasteiger partial charge in [-0.15, -0.1) is 0 Å². The Hall–Kier alpha value is -2.55. The Morgan fingerprint density at radius 2 is 0.685 bits per heavy atom. The van der Waals surface area contributed by atoms with Crippen LogP contribution in [-0.4, -0.2) is 74.3 Å². The second-order valence-corrected chi connectivity index (χ2v) is 28.6. The van der Waals surface area contributed by atoms with Crippen LogP contribution in [0.5, 0.6) is 0 Å². The minimum atomic E-state index is -4.46. The van der Waals surface area contributed by atoms with Gasteiger partial charge >= 0.3 is 13.8 Å². The summed E-state index contributed by atoms with van der Waals surface area (Å²) in [5, 5.41) is 3.08. The average Bonchev–Trinajstić information content (AvgIpc) is 3.67. The first kappa shape index (κ1) is 86.5. The van der Waals surface area contributed by atoms with Gasteiger partial charge < -0.3 is 19.4 Å². The summed E-state index contributed by atoms with van der Waals surface area (Å²) in [5.41, 5.74) is 0. The van der Waals surface area contributed by atoms with E-state index in [-0.39, 0.29) is 25.1 Å². The summed E-state index contributed by atoms with van der Waals surface area (Å²) in [7, 11) is 1.50. The van der Waals surface area contributed by atoms with Gasteiger partial charge in [-0.1, -0.05) is 325 Å². The number of phosphoric acid groups is 1. The maximum atomic E-state index is 13.7. The normalized spacial score (nSPS) is 13.8. The molecule has 0 aromatic carbocycles. The number of phosphoric ester groups is 1. The fraction of sp³-hybridized carbons (Fsp3) is 0.823. The number of quaternary nitrogens is 1. The van der Waals surface area contributed by atoms with Crippen molar-refractivity contribution in [2.24, 2.45) is 0 Å². The van der Waals surface area contributed by atoms with Crippen molar-refractivity contribution in [1.82, 2.24) is 5.32 Å². The Balaban J connectivity index is 5.01. The SMILES string of the molecule is CCCCC/C=C\C/C=C\C/C=C\CCCCCCCCCCCCCCC(=O)NC(COP(=O)(O)OCC[N+](C)(C)C)C(/C=C/CCCCCCCCCCCCC)OC(=O)CCCCCCCCCCCCCCCCC/C=C\C/C=C\CCCCC. The predicted octanol–water partition coefficient (Wildman–Crippen LogP) is 24.7. The highest BCUT2D eigenvalue weighted by molar-refractivity contribution is 7.47. The molecule has 520 valence electrons. The molecule has 0 aliphatic rings. The number of unbranched alkanes of at least 4 members (excludes halogenated alkanes) is 44. The van der Waals surface area contributed by atoms with Crippen LogP contribution in [0.2, 0.25) is 0 Å². The Morgan fingerprint density at radius 1 is 0.393 bits per heavy atom. The van der Waals surface area contributed by atoms with E-state index in [4.69, 9.17) is 13.8 Å². The number of nitrogens with one attached hydrogen (secondary N) is 1. The number of carbonyl (C=O) groups is 2. The zero-order valence-corrected chi connectivity index (χ0v) is 60.6. The van der Waals surface area contributed by atoms with Gasteiger partial charge in [-0.25, -0.2) is 4.57 Å². The van der Waals surface area contributed by atoms with Gasteiger partial charge in [0.05, 0.1) is 33.8 Å². The first-order chi connectivity index (χ1) is 43.4. The highest BCUT2D eigenvalue weighted by Crippen LogP contribution is 2.43. The van der Waals surface area contributed by atoms with Gasteiger partial charge in [0.15, 0.2) is 0 Å². The lowest BCUT2D eigenvalue weighted by molar-refractivity contribution is -0.870. The first-order valence-corrected chi connectivity index (χ1v) is 39.8. The molecule has 0 bridgehead atoms. The molecule has 2 N–H and O–H groups in total. The van der Waals surface area contributed by atoms with Crippen LogP contribution in [-0.2, 0) is 27.9 Å². The smallest absolute Gasteiger partial charge is 0.456 e. The fourth-order valence-corrected chi connectivity index (χ4v) is 12.0. The number of esters is 1. The van der Waals surface area contributed by atoms with Crippen molar-refractivity contribution in [1.29, 1.82) is 0 Å². The number of carbonyl (C=O) groups excluding carboxylic acids is 2. The maximum absolute atomic E-state index is 13.7. The molecular formula is C79H148N2O7P+. The summed E-state index contributed by atoms with van der Waals surface area (Å²) in [5.74, 6) is -0.493. The molecule has 0 aliphatic carbocycles. The Bertz CT molecular complexity index is 1750. The van der Waals surface area contributed by atoms with E-state index in [2.05, 4.69) is 92.9 Å². The number of allylic oxidation sites excluding steroid dienone is 11. The van der Waals surface area contributed by atoms with Gasteiger partial charge in [-0.2, -0.15) is 0 Å². The molecule has 0 aromatic heterocycles. The van der Waals surface area contributed by atoms with Crippen molar-refractivity contribution in [2.75, 3.05) is 40.9 Å². The molecule has 0 aliphatic heterocycles. The number of likely N-dealkylation sites (N-methyl/N-ethyl adjacent to an activating group) is 1. The van der Waals surface area contributed by atoms with Crippen molar-refractivity contribution < 1.29 is 37.3 Å². The molecule has 3 unspecified atom stereocenters. The highest BCUT2D eigenvalue weighted by atomic mass is 31.2. The maximum Gasteiger partial charge on any atom is 0.472 e. The number of hydrogen-bond acceptors (Lipinski definition) is 6. The molecule has 0 aromatic rings. The minimum absolute atomic E-state index is 0.0396. The van der Waals surface area contributed by atoms with E-state index >= 15 is 0 Å². The monoisotopic (exact) mass is 1270 g/mol. The number of amides is 1. The summed E-state index contributed by atoms with van der Waals surface area (Å²) in [6.07, 6.45) is 90.6. The van der Waals surface area contributed by atoms with E-state index < -0.39 is 20.0 Å². The van der Waals surface area contributed by atoms with Crippen LogP contribution in [0.3, 0.4) is 0 Å². The lowest BCUT2D eigenvalue weighted by atomic mass is 10.0. The van der Waals surface area contributed by atoms with Crippen LogP contribution in [0.4, 0.5) is 0 Å². The second-order valence-electron chi connectivity index (χ2n) is 27.2. The molecule has 0 spiro atoms. The van der Waals surface area contributed by atoms with Crippen molar-refractivity contribution in [3.63, 3.8) is 0 Å². The molecule has 9 nitrogen and oxygen atoms in total. The summed E-state index contributed by atoms with van der Waals surface area (Å²) in [6.45, 7) is 7.01. The van der Waals surface area contributed by atoms with E-state index in [0.29, 0.717) is 23.9 Å². The first-order valence-electron chi connectivity index (χ1n) is 38.3. The fourth-order valence-electron chi connectivity index (χ4n) is 11.2. The summed E-state index contributed by atoms with van der Waals surface area (Å²) in [4.78, 5) is 38.0. The summed E-state index contributed by atoms with van der Waals surface area (Å²) in [6, 6.07) is -0.852. The van der Waals surface area contributed by atoms with Crippen LogP contribution in [0.1, 0.15) is 367 Å². The molecule has 0 fully saturated rings. The Morgan fingerprint density at radius 3 is 1.04 bits per heavy atom. The molecule has 0 radical (unpaired) electrons. The number of hydrogen-bond donors (Lipinski definition) is 2. The third-order valence-corrected chi connectivity index (χ3v) is 18.1. The van der Waals surface area contributed by atoms with Gasteiger partial charge in [0.2, 0.25) is 5.91 Å². The van der Waals surface area contributed by atoms with Crippen LogP contribution >= 0.6 is 7.82 Å². The van der Waals surface area contributed by atoms with E-state index in [0.717, 1.165) is 77.0 Å².